The summed E-state index contributed by atoms with van der Waals surface area (Å²) in [7, 11) is 0. The molecule has 21 heavy (non-hydrogen) atoms. The Kier molecular flexibility index (Phi) is 5.95. The molecule has 0 fully saturated rings. The van der Waals surface area contributed by atoms with Crippen LogP contribution in [0.25, 0.3) is 10.6 Å². The number of rotatable bonds is 7. The Hall–Kier alpha value is -1.19. The van der Waals surface area contributed by atoms with E-state index in [0.29, 0.717) is 5.92 Å². The van der Waals surface area contributed by atoms with Crippen LogP contribution in [0.5, 0.6) is 0 Å². The van der Waals surface area contributed by atoms with Crippen LogP contribution in [0.1, 0.15) is 43.3 Å². The van der Waals surface area contributed by atoms with Crippen molar-refractivity contribution in [2.75, 3.05) is 6.54 Å². The van der Waals surface area contributed by atoms with Crippen molar-refractivity contribution in [1.82, 2.24) is 10.3 Å². The van der Waals surface area contributed by atoms with Crippen molar-refractivity contribution < 1.29 is 0 Å². The molecule has 0 bridgehead atoms. The van der Waals surface area contributed by atoms with Crippen molar-refractivity contribution in [2.45, 2.75) is 47.1 Å². The van der Waals surface area contributed by atoms with E-state index in [4.69, 9.17) is 4.98 Å². The number of nitrogens with zero attached hydrogens (tertiary/aromatic N) is 1. The molecular weight excluding hydrogens is 276 g/mol. The molecule has 0 saturated carbocycles. The van der Waals surface area contributed by atoms with Crippen LogP contribution in [0.2, 0.25) is 0 Å². The Morgan fingerprint density at radius 3 is 2.76 bits per heavy atom. The van der Waals surface area contributed by atoms with Gasteiger partial charge in [-0.25, -0.2) is 4.98 Å². The van der Waals surface area contributed by atoms with Gasteiger partial charge in [-0.1, -0.05) is 51.0 Å². The van der Waals surface area contributed by atoms with Gasteiger partial charge >= 0.3 is 0 Å². The van der Waals surface area contributed by atoms with Gasteiger partial charge in [-0.15, -0.1) is 11.3 Å². The maximum atomic E-state index is 4.89. The highest BCUT2D eigenvalue weighted by Gasteiger charge is 2.12. The Labute approximate surface area is 132 Å². The molecule has 2 aromatic rings. The third kappa shape index (κ3) is 4.65. The van der Waals surface area contributed by atoms with E-state index >= 15 is 0 Å². The van der Waals surface area contributed by atoms with Crippen LogP contribution in [0.3, 0.4) is 0 Å². The first-order valence-electron chi connectivity index (χ1n) is 7.86. The highest BCUT2D eigenvalue weighted by atomic mass is 32.1. The van der Waals surface area contributed by atoms with E-state index in [1.54, 1.807) is 0 Å². The van der Waals surface area contributed by atoms with Gasteiger partial charge in [-0.3, -0.25) is 0 Å². The molecule has 0 atom stereocenters. The molecule has 0 amide bonds. The zero-order valence-electron chi connectivity index (χ0n) is 13.6. The molecule has 114 valence electrons. The number of thiazole rings is 1. The zero-order valence-corrected chi connectivity index (χ0v) is 14.4. The maximum Gasteiger partial charge on any atom is 0.123 e. The van der Waals surface area contributed by atoms with Crippen LogP contribution in [0.15, 0.2) is 24.3 Å². The summed E-state index contributed by atoms with van der Waals surface area (Å²) < 4.78 is 0. The minimum absolute atomic E-state index is 0.684. The normalized spacial score (nSPS) is 11.3. The minimum Gasteiger partial charge on any atom is -0.312 e. The van der Waals surface area contributed by atoms with Crippen LogP contribution in [-0.2, 0) is 13.0 Å². The molecule has 0 radical (unpaired) electrons. The maximum absolute atomic E-state index is 4.89. The van der Waals surface area contributed by atoms with Crippen LogP contribution < -0.4 is 5.32 Å². The van der Waals surface area contributed by atoms with Crippen molar-refractivity contribution in [3.63, 3.8) is 0 Å². The van der Waals surface area contributed by atoms with Gasteiger partial charge in [0.05, 0.1) is 5.69 Å². The lowest BCUT2D eigenvalue weighted by molar-refractivity contribution is 0.553. The van der Waals surface area contributed by atoms with Crippen LogP contribution >= 0.6 is 11.3 Å². The average Bonchev–Trinajstić information content (AvgIpc) is 2.82. The van der Waals surface area contributed by atoms with Crippen molar-refractivity contribution in [1.29, 1.82) is 0 Å². The van der Waals surface area contributed by atoms with E-state index in [1.165, 1.54) is 21.7 Å². The minimum atomic E-state index is 0.684. The first-order valence-corrected chi connectivity index (χ1v) is 8.68. The fourth-order valence-electron chi connectivity index (χ4n) is 2.33. The quantitative estimate of drug-likeness (QED) is 0.793. The Bertz CT molecular complexity index is 572. The van der Waals surface area contributed by atoms with Gasteiger partial charge in [0.2, 0.25) is 0 Å². The monoisotopic (exact) mass is 302 g/mol. The fraction of sp³-hybridized carbons (Fsp3) is 0.500. The smallest absolute Gasteiger partial charge is 0.123 e. The van der Waals surface area contributed by atoms with E-state index in [2.05, 4.69) is 57.3 Å². The van der Waals surface area contributed by atoms with Gasteiger partial charge in [-0.05, 0) is 31.9 Å². The molecule has 2 nitrogen and oxygen atoms in total. The number of benzene rings is 1. The molecule has 0 unspecified atom stereocenters. The summed E-state index contributed by atoms with van der Waals surface area (Å²) in [5, 5.41) is 4.70. The summed E-state index contributed by atoms with van der Waals surface area (Å²) in [6.07, 6.45) is 2.22. The van der Waals surface area contributed by atoms with E-state index in [-0.39, 0.29) is 0 Å². The third-order valence-electron chi connectivity index (χ3n) is 3.37. The second-order valence-electron chi connectivity index (χ2n) is 6.03. The second-order valence-corrected chi connectivity index (χ2v) is 7.12. The van der Waals surface area contributed by atoms with Gasteiger partial charge in [-0.2, -0.15) is 0 Å². The standard InChI is InChI=1S/C18H26N2S/c1-5-7-16-17(12-19-11-13(2)3)21-18(20-16)15-9-6-8-14(4)10-15/h6,8-10,13,19H,5,7,11-12H2,1-4H3. The summed E-state index contributed by atoms with van der Waals surface area (Å²) in [4.78, 5) is 6.28. The van der Waals surface area contributed by atoms with E-state index < -0.39 is 0 Å². The lowest BCUT2D eigenvalue weighted by atomic mass is 10.1. The Balaban J connectivity index is 2.19. The van der Waals surface area contributed by atoms with Crippen molar-refractivity contribution in [3.05, 3.63) is 40.4 Å². The number of hydrogen-bond donors (Lipinski definition) is 1. The summed E-state index contributed by atoms with van der Waals surface area (Å²) in [6.45, 7) is 10.8. The van der Waals surface area contributed by atoms with Gasteiger partial charge < -0.3 is 5.32 Å². The second kappa shape index (κ2) is 7.71. The first kappa shape index (κ1) is 16.2. The third-order valence-corrected chi connectivity index (χ3v) is 4.51. The molecule has 0 saturated heterocycles. The number of aromatic nitrogens is 1. The molecular formula is C18H26N2S. The summed E-state index contributed by atoms with van der Waals surface area (Å²) in [5.41, 5.74) is 3.81. The van der Waals surface area contributed by atoms with Gasteiger partial charge in [0.25, 0.3) is 0 Å². The largest absolute Gasteiger partial charge is 0.312 e. The molecule has 1 aromatic heterocycles. The fourth-order valence-corrected chi connectivity index (χ4v) is 3.40. The van der Waals surface area contributed by atoms with Gasteiger partial charge in [0, 0.05) is 17.0 Å². The van der Waals surface area contributed by atoms with Crippen molar-refractivity contribution in [3.8, 4) is 10.6 Å². The van der Waals surface area contributed by atoms with Crippen molar-refractivity contribution in [2.24, 2.45) is 5.92 Å². The topological polar surface area (TPSA) is 24.9 Å². The van der Waals surface area contributed by atoms with Crippen LogP contribution in [0, 0.1) is 12.8 Å². The highest BCUT2D eigenvalue weighted by molar-refractivity contribution is 7.15. The lowest BCUT2D eigenvalue weighted by Crippen LogP contribution is -2.19. The summed E-state index contributed by atoms with van der Waals surface area (Å²) in [6, 6.07) is 8.63. The molecule has 0 spiro atoms. The molecule has 0 aliphatic rings. The molecule has 3 heteroatoms. The summed E-state index contributed by atoms with van der Waals surface area (Å²) in [5.74, 6) is 0.684. The molecule has 2 rings (SSSR count). The highest BCUT2D eigenvalue weighted by Crippen LogP contribution is 2.29. The van der Waals surface area contributed by atoms with Crippen LogP contribution in [-0.4, -0.2) is 11.5 Å². The Morgan fingerprint density at radius 1 is 1.29 bits per heavy atom. The van der Waals surface area contributed by atoms with Gasteiger partial charge in [0.1, 0.15) is 5.01 Å². The summed E-state index contributed by atoms with van der Waals surface area (Å²) >= 11 is 1.84. The van der Waals surface area contributed by atoms with Crippen LogP contribution in [0.4, 0.5) is 0 Å². The average molecular weight is 302 g/mol. The molecule has 1 N–H and O–H groups in total. The number of hydrogen-bond acceptors (Lipinski definition) is 3. The molecule has 0 aliphatic carbocycles. The predicted molar refractivity (Wildman–Crippen MR) is 92.8 cm³/mol. The Morgan fingerprint density at radius 2 is 2.10 bits per heavy atom. The van der Waals surface area contributed by atoms with E-state index in [9.17, 15) is 0 Å². The van der Waals surface area contributed by atoms with Crippen molar-refractivity contribution >= 4 is 11.3 Å². The van der Waals surface area contributed by atoms with Gasteiger partial charge in [0.15, 0.2) is 0 Å². The van der Waals surface area contributed by atoms with E-state index in [0.717, 1.165) is 30.9 Å². The predicted octanol–water partition coefficient (Wildman–Crippen LogP) is 4.82. The molecule has 0 aliphatic heterocycles. The zero-order chi connectivity index (χ0) is 15.2. The number of aryl methyl sites for hydroxylation is 2. The lowest BCUT2D eigenvalue weighted by Gasteiger charge is -2.06. The number of nitrogens with one attached hydrogen (secondary N) is 1. The van der Waals surface area contributed by atoms with E-state index in [1.807, 2.05) is 11.3 Å². The molecule has 1 heterocycles. The first-order chi connectivity index (χ1) is 10.1. The SMILES string of the molecule is CCCc1nc(-c2cccc(C)c2)sc1CNCC(C)C. The molecule has 1 aromatic carbocycles.